The summed E-state index contributed by atoms with van der Waals surface area (Å²) in [5.41, 5.74) is 2.24. The lowest BCUT2D eigenvalue weighted by molar-refractivity contribution is 0.362. The summed E-state index contributed by atoms with van der Waals surface area (Å²) in [6, 6.07) is 17.3. The number of hydrogen-bond acceptors (Lipinski definition) is 3. The smallest absolute Gasteiger partial charge is 0.204 e. The van der Waals surface area contributed by atoms with Crippen LogP contribution in [0.1, 0.15) is 30.4 Å². The van der Waals surface area contributed by atoms with E-state index in [1.807, 2.05) is 49.5 Å². The summed E-state index contributed by atoms with van der Waals surface area (Å²) in [6.45, 7) is 3.51. The van der Waals surface area contributed by atoms with Crippen molar-refractivity contribution < 1.29 is 8.42 Å². The minimum absolute atomic E-state index is 0.363. The Bertz CT molecular complexity index is 881. The minimum Gasteiger partial charge on any atom is -0.372 e. The van der Waals surface area contributed by atoms with Crippen molar-refractivity contribution in [1.82, 2.24) is 4.90 Å². The summed E-state index contributed by atoms with van der Waals surface area (Å²) in [7, 11) is -3.49. The molecule has 0 fully saturated rings. The maximum Gasteiger partial charge on any atom is 0.204 e. The van der Waals surface area contributed by atoms with Crippen LogP contribution in [0.4, 0.5) is 0 Å². The molecule has 0 bridgehead atoms. The number of hydrogen-bond donors (Lipinski definition) is 0. The number of aryl methyl sites for hydroxylation is 1. The first-order valence-corrected chi connectivity index (χ1v) is 10.5. The van der Waals surface area contributed by atoms with E-state index in [0.29, 0.717) is 22.8 Å². The average Bonchev–Trinajstić information content (AvgIpc) is 2.75. The third kappa shape index (κ3) is 4.64. The SMILES string of the molecule is Cc1ccc(S(=O)(=O)/C2=C/N(Cc3ccccc3)CCC/C=C/C2)cc1. The van der Waals surface area contributed by atoms with Crippen molar-refractivity contribution >= 4 is 9.84 Å². The first-order chi connectivity index (χ1) is 12.6. The topological polar surface area (TPSA) is 37.4 Å². The molecule has 0 radical (unpaired) electrons. The maximum absolute atomic E-state index is 13.1. The molecule has 2 aromatic rings. The van der Waals surface area contributed by atoms with Gasteiger partial charge in [-0.15, -0.1) is 0 Å². The van der Waals surface area contributed by atoms with Gasteiger partial charge < -0.3 is 4.90 Å². The number of benzene rings is 2. The molecular weight excluding hydrogens is 342 g/mol. The Morgan fingerprint density at radius 2 is 1.69 bits per heavy atom. The second-order valence-corrected chi connectivity index (χ2v) is 8.69. The van der Waals surface area contributed by atoms with Crippen molar-refractivity contribution in [2.75, 3.05) is 6.54 Å². The van der Waals surface area contributed by atoms with E-state index in [1.54, 1.807) is 12.1 Å². The molecule has 0 amide bonds. The summed E-state index contributed by atoms with van der Waals surface area (Å²) < 4.78 is 26.3. The molecule has 0 aliphatic carbocycles. The third-order valence-electron chi connectivity index (χ3n) is 4.53. The zero-order valence-electron chi connectivity index (χ0n) is 15.1. The standard InChI is InChI=1S/C22H25NO2S/c1-19-12-14-21(15-13-19)26(24,25)22-11-7-2-3-8-16-23(18-22)17-20-9-5-4-6-10-20/h2,4-7,9-10,12-15,18H,3,8,11,16-17H2,1H3/b7-2+,22-18+. The van der Waals surface area contributed by atoms with Gasteiger partial charge in [0, 0.05) is 25.7 Å². The molecule has 3 rings (SSSR count). The average molecular weight is 368 g/mol. The van der Waals surface area contributed by atoms with Crippen molar-refractivity contribution in [2.24, 2.45) is 0 Å². The highest BCUT2D eigenvalue weighted by Crippen LogP contribution is 2.25. The van der Waals surface area contributed by atoms with Crippen LogP contribution >= 0.6 is 0 Å². The first kappa shape index (κ1) is 18.5. The Morgan fingerprint density at radius 3 is 2.42 bits per heavy atom. The lowest BCUT2D eigenvalue weighted by Gasteiger charge is -2.22. The number of allylic oxidation sites excluding steroid dienone is 3. The molecule has 0 N–H and O–H groups in total. The van der Waals surface area contributed by atoms with Gasteiger partial charge in [-0.25, -0.2) is 8.42 Å². The van der Waals surface area contributed by atoms with E-state index in [1.165, 1.54) is 5.56 Å². The van der Waals surface area contributed by atoms with Gasteiger partial charge >= 0.3 is 0 Å². The molecule has 0 saturated heterocycles. The zero-order valence-corrected chi connectivity index (χ0v) is 16.0. The van der Waals surface area contributed by atoms with Crippen LogP contribution in [-0.4, -0.2) is 19.9 Å². The van der Waals surface area contributed by atoms with Crippen molar-refractivity contribution in [1.29, 1.82) is 0 Å². The highest BCUT2D eigenvalue weighted by molar-refractivity contribution is 7.95. The van der Waals surface area contributed by atoms with Gasteiger partial charge in [-0.3, -0.25) is 0 Å². The van der Waals surface area contributed by atoms with Crippen LogP contribution in [0.15, 0.2) is 82.7 Å². The monoisotopic (exact) mass is 367 g/mol. The van der Waals surface area contributed by atoms with Crippen LogP contribution in [0.5, 0.6) is 0 Å². The zero-order chi connectivity index (χ0) is 18.4. The van der Waals surface area contributed by atoms with E-state index >= 15 is 0 Å². The Hall–Kier alpha value is -2.33. The Labute approximate surface area is 156 Å². The summed E-state index contributed by atoms with van der Waals surface area (Å²) in [4.78, 5) is 2.95. The second-order valence-electron chi connectivity index (χ2n) is 6.69. The van der Waals surface area contributed by atoms with Gasteiger partial charge in [0.15, 0.2) is 0 Å². The fourth-order valence-electron chi connectivity index (χ4n) is 3.04. The van der Waals surface area contributed by atoms with E-state index < -0.39 is 9.84 Å². The predicted molar refractivity (Wildman–Crippen MR) is 106 cm³/mol. The van der Waals surface area contributed by atoms with Crippen molar-refractivity contribution in [3.8, 4) is 0 Å². The molecular formula is C22H25NO2S. The minimum atomic E-state index is -3.49. The van der Waals surface area contributed by atoms with Crippen LogP contribution in [0.3, 0.4) is 0 Å². The van der Waals surface area contributed by atoms with Crippen molar-refractivity contribution in [2.45, 2.75) is 37.6 Å². The van der Waals surface area contributed by atoms with Crippen LogP contribution in [0.25, 0.3) is 0 Å². The maximum atomic E-state index is 13.1. The van der Waals surface area contributed by atoms with E-state index in [4.69, 9.17) is 0 Å². The molecule has 1 heterocycles. The quantitative estimate of drug-likeness (QED) is 0.725. The molecule has 0 atom stereocenters. The number of sulfone groups is 1. The fraction of sp³-hybridized carbons (Fsp3) is 0.273. The first-order valence-electron chi connectivity index (χ1n) is 9.01. The van der Waals surface area contributed by atoms with E-state index in [0.717, 1.165) is 24.9 Å². The van der Waals surface area contributed by atoms with Crippen LogP contribution in [0, 0.1) is 6.92 Å². The van der Waals surface area contributed by atoms with Crippen molar-refractivity contribution in [3.63, 3.8) is 0 Å². The Morgan fingerprint density at radius 1 is 0.962 bits per heavy atom. The molecule has 1 aliphatic rings. The Kier molecular flexibility index (Phi) is 5.94. The largest absolute Gasteiger partial charge is 0.372 e. The normalized spacial score (nSPS) is 19.0. The van der Waals surface area contributed by atoms with E-state index in [9.17, 15) is 8.42 Å². The summed E-state index contributed by atoms with van der Waals surface area (Å²) in [5, 5.41) is 0. The molecule has 0 aromatic heterocycles. The van der Waals surface area contributed by atoms with Crippen LogP contribution < -0.4 is 0 Å². The van der Waals surface area contributed by atoms with Gasteiger partial charge in [-0.1, -0.05) is 60.2 Å². The summed E-state index contributed by atoms with van der Waals surface area (Å²) in [6.07, 6.45) is 8.32. The second kappa shape index (κ2) is 8.37. The number of rotatable bonds is 4. The van der Waals surface area contributed by atoms with Crippen LogP contribution in [0.2, 0.25) is 0 Å². The van der Waals surface area contributed by atoms with Gasteiger partial charge in [0.05, 0.1) is 9.80 Å². The lowest BCUT2D eigenvalue weighted by Crippen LogP contribution is -2.20. The highest BCUT2D eigenvalue weighted by atomic mass is 32.2. The van der Waals surface area contributed by atoms with E-state index in [-0.39, 0.29) is 0 Å². The summed E-state index contributed by atoms with van der Waals surface area (Å²) >= 11 is 0. The number of nitrogens with zero attached hydrogens (tertiary/aromatic N) is 1. The van der Waals surface area contributed by atoms with Gasteiger partial charge in [0.2, 0.25) is 9.84 Å². The lowest BCUT2D eigenvalue weighted by atomic mass is 10.2. The highest BCUT2D eigenvalue weighted by Gasteiger charge is 2.21. The molecule has 2 aromatic carbocycles. The molecule has 0 unspecified atom stereocenters. The molecule has 0 saturated carbocycles. The van der Waals surface area contributed by atoms with E-state index in [2.05, 4.69) is 23.1 Å². The van der Waals surface area contributed by atoms with Crippen molar-refractivity contribution in [3.05, 3.63) is 89.0 Å². The molecule has 3 nitrogen and oxygen atoms in total. The summed E-state index contributed by atoms with van der Waals surface area (Å²) in [5.74, 6) is 0. The molecule has 1 aliphatic heterocycles. The molecule has 0 spiro atoms. The van der Waals surface area contributed by atoms with Gasteiger partial charge in [-0.05, 0) is 37.5 Å². The van der Waals surface area contributed by atoms with Gasteiger partial charge in [0.1, 0.15) is 0 Å². The van der Waals surface area contributed by atoms with Gasteiger partial charge in [-0.2, -0.15) is 0 Å². The third-order valence-corrected chi connectivity index (χ3v) is 6.39. The van der Waals surface area contributed by atoms with Gasteiger partial charge in [0.25, 0.3) is 0 Å². The fourth-order valence-corrected chi connectivity index (χ4v) is 4.44. The predicted octanol–water partition coefficient (Wildman–Crippen LogP) is 4.85. The molecule has 4 heteroatoms. The van der Waals surface area contributed by atoms with Crippen LogP contribution in [-0.2, 0) is 16.4 Å². The molecule has 26 heavy (non-hydrogen) atoms. The molecule has 136 valence electrons. The Balaban J connectivity index is 1.94.